The van der Waals surface area contributed by atoms with E-state index >= 15 is 0 Å². The second-order valence-corrected chi connectivity index (χ2v) is 4.98. The van der Waals surface area contributed by atoms with Gasteiger partial charge in [-0.3, -0.25) is 14.2 Å². The number of thiophene rings is 1. The molecular weight excluding hydrogens is 264 g/mol. The van der Waals surface area contributed by atoms with E-state index in [1.165, 1.54) is 22.2 Å². The van der Waals surface area contributed by atoms with E-state index in [0.717, 1.165) is 12.8 Å². The molecule has 2 aromatic rings. The molecule has 0 aliphatic carbocycles. The van der Waals surface area contributed by atoms with Crippen molar-refractivity contribution in [3.63, 3.8) is 0 Å². The van der Waals surface area contributed by atoms with E-state index in [0.29, 0.717) is 24.1 Å². The van der Waals surface area contributed by atoms with Crippen molar-refractivity contribution < 1.29 is 9.53 Å². The van der Waals surface area contributed by atoms with Crippen LogP contribution >= 0.6 is 11.3 Å². The number of aryl methyl sites for hydroxylation is 1. The van der Waals surface area contributed by atoms with Gasteiger partial charge < -0.3 is 4.74 Å². The van der Waals surface area contributed by atoms with Gasteiger partial charge in [-0.15, -0.1) is 11.3 Å². The highest BCUT2D eigenvalue weighted by atomic mass is 32.1. The van der Waals surface area contributed by atoms with Crippen LogP contribution < -0.4 is 5.56 Å². The molecule has 0 aliphatic rings. The van der Waals surface area contributed by atoms with E-state index in [1.807, 2.05) is 12.3 Å². The van der Waals surface area contributed by atoms with Crippen molar-refractivity contribution in [3.8, 4) is 0 Å². The third-order valence-electron chi connectivity index (χ3n) is 2.79. The van der Waals surface area contributed by atoms with Gasteiger partial charge in [0.2, 0.25) is 0 Å². The number of carbonyl (C=O) groups excluding carboxylic acids is 1. The lowest BCUT2D eigenvalue weighted by atomic mass is 10.3. The van der Waals surface area contributed by atoms with Crippen LogP contribution in [-0.2, 0) is 16.1 Å². The summed E-state index contributed by atoms with van der Waals surface area (Å²) in [6.07, 6.45) is 3.54. The fourth-order valence-electron chi connectivity index (χ4n) is 1.66. The standard InChI is InChI=1S/C13H16N2O3S/c1-2-3-6-18-12(16)4-5-15-9-14-11-8-19-7-10(11)13(15)17/h7-9H,2-6H2,1H3. The molecule has 2 heterocycles. The smallest absolute Gasteiger partial charge is 0.307 e. The number of hydrogen-bond donors (Lipinski definition) is 0. The summed E-state index contributed by atoms with van der Waals surface area (Å²) in [6, 6.07) is 0. The molecule has 19 heavy (non-hydrogen) atoms. The molecule has 0 radical (unpaired) electrons. The highest BCUT2D eigenvalue weighted by Crippen LogP contribution is 2.11. The number of nitrogens with zero attached hydrogens (tertiary/aromatic N) is 2. The quantitative estimate of drug-likeness (QED) is 0.601. The Hall–Kier alpha value is -1.69. The van der Waals surface area contributed by atoms with E-state index in [-0.39, 0.29) is 17.9 Å². The second-order valence-electron chi connectivity index (χ2n) is 4.24. The van der Waals surface area contributed by atoms with Crippen molar-refractivity contribution in [1.82, 2.24) is 9.55 Å². The summed E-state index contributed by atoms with van der Waals surface area (Å²) in [7, 11) is 0. The zero-order valence-electron chi connectivity index (χ0n) is 10.8. The lowest BCUT2D eigenvalue weighted by Crippen LogP contribution is -2.22. The molecule has 0 unspecified atom stereocenters. The summed E-state index contributed by atoms with van der Waals surface area (Å²) in [5.41, 5.74) is 0.601. The van der Waals surface area contributed by atoms with Crippen LogP contribution in [-0.4, -0.2) is 22.1 Å². The molecule has 0 bridgehead atoms. The van der Waals surface area contributed by atoms with Crippen LogP contribution in [0.2, 0.25) is 0 Å². The van der Waals surface area contributed by atoms with E-state index in [9.17, 15) is 9.59 Å². The van der Waals surface area contributed by atoms with Gasteiger partial charge in [0.15, 0.2) is 0 Å². The van der Waals surface area contributed by atoms with Crippen LogP contribution in [0.25, 0.3) is 10.9 Å². The zero-order valence-corrected chi connectivity index (χ0v) is 11.6. The van der Waals surface area contributed by atoms with Crippen LogP contribution in [0.1, 0.15) is 26.2 Å². The van der Waals surface area contributed by atoms with Crippen LogP contribution in [0.4, 0.5) is 0 Å². The molecule has 0 aromatic carbocycles. The summed E-state index contributed by atoms with van der Waals surface area (Å²) >= 11 is 1.45. The number of carbonyl (C=O) groups is 1. The number of hydrogen-bond acceptors (Lipinski definition) is 5. The minimum Gasteiger partial charge on any atom is -0.466 e. The first-order valence-electron chi connectivity index (χ1n) is 6.29. The summed E-state index contributed by atoms with van der Waals surface area (Å²) in [5.74, 6) is -0.272. The number of esters is 1. The number of rotatable bonds is 6. The molecule has 5 nitrogen and oxygen atoms in total. The van der Waals surface area contributed by atoms with Gasteiger partial charge in [-0.2, -0.15) is 0 Å². The molecule has 0 saturated carbocycles. The Morgan fingerprint density at radius 1 is 1.47 bits per heavy atom. The monoisotopic (exact) mass is 280 g/mol. The summed E-state index contributed by atoms with van der Waals surface area (Å²) in [6.45, 7) is 2.80. The van der Waals surface area contributed by atoms with Crippen molar-refractivity contribution >= 4 is 28.2 Å². The molecule has 0 atom stereocenters. The van der Waals surface area contributed by atoms with Gasteiger partial charge in [0.05, 0.1) is 30.3 Å². The van der Waals surface area contributed by atoms with Gasteiger partial charge in [0.25, 0.3) is 5.56 Å². The van der Waals surface area contributed by atoms with Gasteiger partial charge in [-0.1, -0.05) is 13.3 Å². The van der Waals surface area contributed by atoms with Gasteiger partial charge >= 0.3 is 5.97 Å². The number of fused-ring (bicyclic) bond motifs is 1. The average Bonchev–Trinajstić information content (AvgIpc) is 2.87. The van der Waals surface area contributed by atoms with Gasteiger partial charge in [-0.05, 0) is 6.42 Å². The maximum absolute atomic E-state index is 12.0. The summed E-state index contributed by atoms with van der Waals surface area (Å²) in [5, 5.41) is 4.22. The zero-order chi connectivity index (χ0) is 13.7. The highest BCUT2D eigenvalue weighted by molar-refractivity contribution is 7.09. The second kappa shape index (κ2) is 6.47. The minimum atomic E-state index is -0.272. The largest absolute Gasteiger partial charge is 0.466 e. The van der Waals surface area contributed by atoms with Crippen LogP contribution in [0.3, 0.4) is 0 Å². The minimum absolute atomic E-state index is 0.104. The predicted octanol–water partition coefficient (Wildman–Crippen LogP) is 2.19. The van der Waals surface area contributed by atoms with Crippen molar-refractivity contribution in [1.29, 1.82) is 0 Å². The Kier molecular flexibility index (Phi) is 4.68. The molecule has 0 spiro atoms. The molecule has 0 N–H and O–H groups in total. The normalized spacial score (nSPS) is 10.8. The number of ether oxygens (including phenoxy) is 1. The maximum atomic E-state index is 12.0. The van der Waals surface area contributed by atoms with Crippen molar-refractivity contribution in [3.05, 3.63) is 27.4 Å². The Morgan fingerprint density at radius 3 is 3.11 bits per heavy atom. The van der Waals surface area contributed by atoms with Crippen LogP contribution in [0, 0.1) is 0 Å². The SMILES string of the molecule is CCCCOC(=O)CCn1cnc2cscc2c1=O. The number of aromatic nitrogens is 2. The topological polar surface area (TPSA) is 61.2 Å². The van der Waals surface area contributed by atoms with Crippen LogP contribution in [0.15, 0.2) is 21.9 Å². The van der Waals surface area contributed by atoms with E-state index in [1.54, 1.807) is 5.38 Å². The van der Waals surface area contributed by atoms with Gasteiger partial charge in [0.1, 0.15) is 0 Å². The average molecular weight is 280 g/mol. The molecule has 2 aromatic heterocycles. The maximum Gasteiger partial charge on any atom is 0.307 e. The Morgan fingerprint density at radius 2 is 2.32 bits per heavy atom. The molecule has 0 amide bonds. The molecule has 0 saturated heterocycles. The summed E-state index contributed by atoms with van der Waals surface area (Å²) in [4.78, 5) is 27.7. The van der Waals surface area contributed by atoms with Crippen LogP contribution in [0.5, 0.6) is 0 Å². The third kappa shape index (κ3) is 3.41. The molecule has 0 aliphatic heterocycles. The first-order valence-corrected chi connectivity index (χ1v) is 7.23. The molecule has 2 rings (SSSR count). The molecule has 0 fully saturated rings. The Bertz CT molecular complexity index is 618. The lowest BCUT2D eigenvalue weighted by molar-refractivity contribution is -0.144. The van der Waals surface area contributed by atoms with E-state index < -0.39 is 0 Å². The summed E-state index contributed by atoms with van der Waals surface area (Å²) < 4.78 is 6.50. The first kappa shape index (κ1) is 13.7. The molecular formula is C13H16N2O3S. The molecule has 102 valence electrons. The third-order valence-corrected chi connectivity index (χ3v) is 3.52. The van der Waals surface area contributed by atoms with E-state index in [2.05, 4.69) is 4.98 Å². The Labute approximate surface area is 114 Å². The predicted molar refractivity (Wildman–Crippen MR) is 74.4 cm³/mol. The number of unbranched alkanes of at least 4 members (excludes halogenated alkanes) is 1. The fourth-order valence-corrected chi connectivity index (χ4v) is 2.41. The van der Waals surface area contributed by atoms with E-state index in [4.69, 9.17) is 4.74 Å². The first-order chi connectivity index (χ1) is 9.22. The lowest BCUT2D eigenvalue weighted by Gasteiger charge is -2.06. The molecule has 6 heteroatoms. The van der Waals surface area contributed by atoms with Gasteiger partial charge in [0, 0.05) is 17.3 Å². The van der Waals surface area contributed by atoms with Crippen molar-refractivity contribution in [2.45, 2.75) is 32.7 Å². The van der Waals surface area contributed by atoms with Crippen molar-refractivity contribution in [2.75, 3.05) is 6.61 Å². The van der Waals surface area contributed by atoms with Crippen molar-refractivity contribution in [2.24, 2.45) is 0 Å². The fraction of sp³-hybridized carbons (Fsp3) is 0.462. The van der Waals surface area contributed by atoms with Gasteiger partial charge in [-0.25, -0.2) is 4.98 Å². The highest BCUT2D eigenvalue weighted by Gasteiger charge is 2.07. The Balaban J connectivity index is 1.96.